The predicted molar refractivity (Wildman–Crippen MR) is 113 cm³/mol. The van der Waals surface area contributed by atoms with E-state index in [4.69, 9.17) is 5.73 Å². The number of nitrogens with two attached hydrogens (primary N) is 1. The minimum atomic E-state index is 0.176. The van der Waals surface area contributed by atoms with Crippen molar-refractivity contribution in [2.45, 2.75) is 69.7 Å². The number of fused-ring (bicyclic) bond motifs is 1. The summed E-state index contributed by atoms with van der Waals surface area (Å²) in [6.07, 6.45) is 9.94. The Labute approximate surface area is 172 Å². The van der Waals surface area contributed by atoms with Crippen molar-refractivity contribution >= 4 is 23.2 Å². The molecule has 2 unspecified atom stereocenters. The zero-order chi connectivity index (χ0) is 19.5. The minimum Gasteiger partial charge on any atom is -0.343 e. The van der Waals surface area contributed by atoms with Crippen LogP contribution in [0.5, 0.6) is 0 Å². The van der Waals surface area contributed by atoms with Crippen molar-refractivity contribution in [2.24, 2.45) is 11.7 Å². The number of carbonyl (C=O) groups is 2. The number of piperidine rings is 2. The van der Waals surface area contributed by atoms with Crippen molar-refractivity contribution < 1.29 is 9.59 Å². The number of hydrogen-bond acceptors (Lipinski definition) is 4. The molecular formula is C22H33N3O2S. The lowest BCUT2D eigenvalue weighted by atomic mass is 9.78. The Bertz CT molecular complexity index is 694. The van der Waals surface area contributed by atoms with E-state index >= 15 is 0 Å². The summed E-state index contributed by atoms with van der Waals surface area (Å²) in [5.41, 5.74) is 6.39. The Hall–Kier alpha value is -1.40. The molecule has 28 heavy (non-hydrogen) atoms. The standard InChI is InChI=1S/C22H33N3O2S/c23-10-7-21(26)24-12-8-17(9-13-24)20-14-18(15-28-20)22(27)25-11-3-5-16-4-1-2-6-19(16)25/h14-17,19H,1-13,23H2. The van der Waals surface area contributed by atoms with Gasteiger partial charge in [0.15, 0.2) is 0 Å². The number of thiophene rings is 1. The number of hydrogen-bond donors (Lipinski definition) is 1. The van der Waals surface area contributed by atoms with Gasteiger partial charge in [0, 0.05) is 48.9 Å². The van der Waals surface area contributed by atoms with Crippen LogP contribution in [0.2, 0.25) is 0 Å². The summed E-state index contributed by atoms with van der Waals surface area (Å²) < 4.78 is 0. The molecule has 5 nitrogen and oxygen atoms in total. The molecule has 0 bridgehead atoms. The van der Waals surface area contributed by atoms with Crippen LogP contribution in [0.4, 0.5) is 0 Å². The second-order valence-corrected chi connectivity index (χ2v) is 9.63. The lowest BCUT2D eigenvalue weighted by Crippen LogP contribution is -2.49. The second kappa shape index (κ2) is 8.95. The highest BCUT2D eigenvalue weighted by molar-refractivity contribution is 7.10. The average molecular weight is 404 g/mol. The Morgan fingerprint density at radius 3 is 2.57 bits per heavy atom. The molecule has 4 rings (SSSR count). The molecule has 2 saturated heterocycles. The summed E-state index contributed by atoms with van der Waals surface area (Å²) in [7, 11) is 0. The molecule has 3 aliphatic rings. The Morgan fingerprint density at radius 2 is 1.79 bits per heavy atom. The van der Waals surface area contributed by atoms with Gasteiger partial charge in [-0.1, -0.05) is 12.8 Å². The first-order valence-corrected chi connectivity index (χ1v) is 11.9. The third kappa shape index (κ3) is 4.13. The van der Waals surface area contributed by atoms with E-state index in [1.807, 2.05) is 4.90 Å². The maximum absolute atomic E-state index is 13.2. The molecule has 0 spiro atoms. The third-order valence-corrected chi connectivity index (χ3v) is 8.07. The zero-order valence-corrected chi connectivity index (χ0v) is 17.6. The fourth-order valence-corrected chi connectivity index (χ4v) is 6.47. The molecule has 2 aliphatic heterocycles. The fourth-order valence-electron chi connectivity index (χ4n) is 5.42. The van der Waals surface area contributed by atoms with E-state index in [0.717, 1.165) is 50.4 Å². The van der Waals surface area contributed by atoms with Crippen LogP contribution in [-0.2, 0) is 4.79 Å². The van der Waals surface area contributed by atoms with Gasteiger partial charge in [0.25, 0.3) is 5.91 Å². The van der Waals surface area contributed by atoms with E-state index in [1.54, 1.807) is 11.3 Å². The van der Waals surface area contributed by atoms with Crippen molar-refractivity contribution in [3.63, 3.8) is 0 Å². The molecule has 2 N–H and O–H groups in total. The van der Waals surface area contributed by atoms with Crippen molar-refractivity contribution in [3.05, 3.63) is 21.9 Å². The maximum atomic E-state index is 13.2. The molecular weight excluding hydrogens is 370 g/mol. The fraction of sp³-hybridized carbons (Fsp3) is 0.727. The molecule has 1 aromatic rings. The lowest BCUT2D eigenvalue weighted by molar-refractivity contribution is -0.132. The smallest absolute Gasteiger partial charge is 0.254 e. The van der Waals surface area contributed by atoms with Gasteiger partial charge in [-0.2, -0.15) is 0 Å². The van der Waals surface area contributed by atoms with Crippen LogP contribution in [-0.4, -0.2) is 53.8 Å². The van der Waals surface area contributed by atoms with Gasteiger partial charge in [0.05, 0.1) is 5.56 Å². The predicted octanol–water partition coefficient (Wildman–Crippen LogP) is 3.60. The van der Waals surface area contributed by atoms with Crippen LogP contribution in [0.15, 0.2) is 11.4 Å². The number of rotatable bonds is 4. The van der Waals surface area contributed by atoms with Gasteiger partial charge in [0.1, 0.15) is 0 Å². The van der Waals surface area contributed by atoms with Crippen LogP contribution in [0.1, 0.15) is 78.9 Å². The highest BCUT2D eigenvalue weighted by Crippen LogP contribution is 2.37. The van der Waals surface area contributed by atoms with Crippen molar-refractivity contribution in [1.82, 2.24) is 9.80 Å². The Morgan fingerprint density at radius 1 is 1.04 bits per heavy atom. The van der Waals surface area contributed by atoms with Gasteiger partial charge >= 0.3 is 0 Å². The first-order valence-electron chi connectivity index (χ1n) is 11.0. The molecule has 6 heteroatoms. The number of amides is 2. The molecule has 2 atom stereocenters. The summed E-state index contributed by atoms with van der Waals surface area (Å²) >= 11 is 1.73. The van der Waals surface area contributed by atoms with E-state index < -0.39 is 0 Å². The molecule has 1 aromatic heterocycles. The van der Waals surface area contributed by atoms with Gasteiger partial charge in [-0.05, 0) is 56.4 Å². The molecule has 0 radical (unpaired) electrons. The van der Waals surface area contributed by atoms with Crippen LogP contribution >= 0.6 is 11.3 Å². The van der Waals surface area contributed by atoms with Crippen molar-refractivity contribution in [1.29, 1.82) is 0 Å². The molecule has 3 heterocycles. The topological polar surface area (TPSA) is 66.6 Å². The first kappa shape index (κ1) is 19.9. The van der Waals surface area contributed by atoms with E-state index in [-0.39, 0.29) is 11.8 Å². The number of likely N-dealkylation sites (tertiary alicyclic amines) is 2. The third-order valence-electron chi connectivity index (χ3n) is 6.98. The van der Waals surface area contributed by atoms with Crippen LogP contribution in [0.25, 0.3) is 0 Å². The van der Waals surface area contributed by atoms with E-state index in [2.05, 4.69) is 16.3 Å². The van der Waals surface area contributed by atoms with Gasteiger partial charge in [0.2, 0.25) is 5.91 Å². The summed E-state index contributed by atoms with van der Waals surface area (Å²) in [5.74, 6) is 1.61. The monoisotopic (exact) mass is 403 g/mol. The van der Waals surface area contributed by atoms with Gasteiger partial charge in [-0.15, -0.1) is 11.3 Å². The van der Waals surface area contributed by atoms with E-state index in [1.165, 1.54) is 37.0 Å². The summed E-state index contributed by atoms with van der Waals surface area (Å²) in [6, 6.07) is 2.61. The number of nitrogens with zero attached hydrogens (tertiary/aromatic N) is 2. The second-order valence-electron chi connectivity index (χ2n) is 8.68. The quantitative estimate of drug-likeness (QED) is 0.835. The highest BCUT2D eigenvalue weighted by Gasteiger charge is 2.36. The van der Waals surface area contributed by atoms with E-state index in [0.29, 0.717) is 24.9 Å². The summed E-state index contributed by atoms with van der Waals surface area (Å²) in [5, 5.41) is 2.07. The highest BCUT2D eigenvalue weighted by atomic mass is 32.1. The molecule has 154 valence electrons. The summed E-state index contributed by atoms with van der Waals surface area (Å²) in [4.78, 5) is 30.7. The van der Waals surface area contributed by atoms with Crippen LogP contribution < -0.4 is 5.73 Å². The van der Waals surface area contributed by atoms with Crippen LogP contribution in [0.3, 0.4) is 0 Å². The van der Waals surface area contributed by atoms with Crippen molar-refractivity contribution in [3.8, 4) is 0 Å². The Kier molecular flexibility index (Phi) is 6.36. The SMILES string of the molecule is NCCC(=O)N1CCC(c2cc(C(=O)N3CCCC4CCCCC43)cs2)CC1. The lowest BCUT2D eigenvalue weighted by Gasteiger charge is -2.44. The molecule has 1 aliphatic carbocycles. The average Bonchev–Trinajstić information content (AvgIpc) is 3.23. The maximum Gasteiger partial charge on any atom is 0.254 e. The molecule has 0 aromatic carbocycles. The molecule has 1 saturated carbocycles. The van der Waals surface area contributed by atoms with Gasteiger partial charge < -0.3 is 15.5 Å². The number of carbonyl (C=O) groups excluding carboxylic acids is 2. The first-order chi connectivity index (χ1) is 13.7. The van der Waals surface area contributed by atoms with Gasteiger partial charge in [-0.25, -0.2) is 0 Å². The van der Waals surface area contributed by atoms with E-state index in [9.17, 15) is 9.59 Å². The normalized spacial score (nSPS) is 26.2. The minimum absolute atomic E-state index is 0.176. The largest absolute Gasteiger partial charge is 0.343 e. The van der Waals surface area contributed by atoms with Crippen molar-refractivity contribution in [2.75, 3.05) is 26.2 Å². The van der Waals surface area contributed by atoms with Gasteiger partial charge in [-0.3, -0.25) is 9.59 Å². The van der Waals surface area contributed by atoms with Crippen LogP contribution in [0, 0.1) is 5.92 Å². The Balaban J connectivity index is 1.38. The summed E-state index contributed by atoms with van der Waals surface area (Å²) in [6.45, 7) is 2.96. The molecule has 2 amide bonds. The molecule has 3 fully saturated rings. The zero-order valence-electron chi connectivity index (χ0n) is 16.8.